The molecule has 0 radical (unpaired) electrons. The summed E-state index contributed by atoms with van der Waals surface area (Å²) < 4.78 is 10.2. The van der Waals surface area contributed by atoms with Crippen molar-refractivity contribution in [3.05, 3.63) is 53.0 Å². The number of carbonyl (C=O) groups is 2. The lowest BCUT2D eigenvalue weighted by atomic mass is 10.1. The van der Waals surface area contributed by atoms with E-state index in [1.54, 1.807) is 19.2 Å². The maximum Gasteiger partial charge on any atom is 0.338 e. The quantitative estimate of drug-likeness (QED) is 0.709. The van der Waals surface area contributed by atoms with Gasteiger partial charge in [0.1, 0.15) is 5.75 Å². The van der Waals surface area contributed by atoms with Gasteiger partial charge in [0.2, 0.25) is 0 Å². The summed E-state index contributed by atoms with van der Waals surface area (Å²) in [5.41, 5.74) is 1.21. The van der Waals surface area contributed by atoms with Gasteiger partial charge in [0, 0.05) is 5.38 Å². The molecule has 2 aromatic carbocycles. The predicted octanol–water partition coefficient (Wildman–Crippen LogP) is 3.41. The number of rotatable bonds is 5. The maximum absolute atomic E-state index is 12.1. The number of thiazole rings is 1. The molecule has 1 heterocycles. The number of anilines is 1. The molecule has 0 saturated heterocycles. The number of hydrogen-bond donors (Lipinski definition) is 1. The van der Waals surface area contributed by atoms with Crippen LogP contribution in [0.1, 0.15) is 16.1 Å². The zero-order valence-corrected chi connectivity index (χ0v) is 14.6. The number of methoxy groups -OCH3 is 1. The second-order valence-corrected chi connectivity index (χ2v) is 6.20. The molecular formula is C18H16N2O4S. The first-order chi connectivity index (χ1) is 12.0. The standard InChI is InChI=1S/C18H16N2O4S/c1-11-10-25-18(19-11)20-16(21)9-24-17(22)14-4-3-13-8-15(23-2)6-5-12(13)7-14/h3-8,10H,9H2,1-2H3,(H,19,20,21). The number of nitrogens with zero attached hydrogens (tertiary/aromatic N) is 1. The highest BCUT2D eigenvalue weighted by Crippen LogP contribution is 2.22. The zero-order valence-electron chi connectivity index (χ0n) is 13.7. The van der Waals surface area contributed by atoms with Crippen LogP contribution in [0.25, 0.3) is 10.8 Å². The Kier molecular flexibility index (Phi) is 4.95. The molecule has 1 amide bonds. The summed E-state index contributed by atoms with van der Waals surface area (Å²) in [5, 5.41) is 6.74. The summed E-state index contributed by atoms with van der Waals surface area (Å²) in [6.07, 6.45) is 0. The first-order valence-corrected chi connectivity index (χ1v) is 8.40. The highest BCUT2D eigenvalue weighted by molar-refractivity contribution is 7.13. The molecule has 6 nitrogen and oxygen atoms in total. The molecule has 25 heavy (non-hydrogen) atoms. The van der Waals surface area contributed by atoms with Gasteiger partial charge in [-0.25, -0.2) is 9.78 Å². The van der Waals surface area contributed by atoms with Gasteiger partial charge < -0.3 is 9.47 Å². The Labute approximate surface area is 148 Å². The SMILES string of the molecule is COc1ccc2cc(C(=O)OCC(=O)Nc3nc(C)cs3)ccc2c1. The average Bonchev–Trinajstić information content (AvgIpc) is 3.03. The summed E-state index contributed by atoms with van der Waals surface area (Å²) >= 11 is 1.32. The summed E-state index contributed by atoms with van der Waals surface area (Å²) in [5.74, 6) is -0.228. The molecule has 1 aromatic heterocycles. The van der Waals surface area contributed by atoms with E-state index in [-0.39, 0.29) is 6.61 Å². The Morgan fingerprint density at radius 2 is 1.92 bits per heavy atom. The zero-order chi connectivity index (χ0) is 17.8. The molecule has 0 aliphatic heterocycles. The Hall–Kier alpha value is -2.93. The van der Waals surface area contributed by atoms with Crippen molar-refractivity contribution in [2.24, 2.45) is 0 Å². The molecule has 0 spiro atoms. The third kappa shape index (κ3) is 4.13. The molecule has 0 aliphatic carbocycles. The number of carbonyl (C=O) groups excluding carboxylic acids is 2. The van der Waals surface area contributed by atoms with Crippen LogP contribution >= 0.6 is 11.3 Å². The van der Waals surface area contributed by atoms with E-state index in [0.29, 0.717) is 10.7 Å². The third-order valence-electron chi connectivity index (χ3n) is 3.48. The topological polar surface area (TPSA) is 77.5 Å². The summed E-state index contributed by atoms with van der Waals surface area (Å²) in [7, 11) is 1.60. The van der Waals surface area contributed by atoms with E-state index in [2.05, 4.69) is 10.3 Å². The van der Waals surface area contributed by atoms with E-state index in [1.165, 1.54) is 11.3 Å². The maximum atomic E-state index is 12.1. The lowest BCUT2D eigenvalue weighted by Gasteiger charge is -2.07. The summed E-state index contributed by atoms with van der Waals surface area (Å²) in [6.45, 7) is 1.47. The predicted molar refractivity (Wildman–Crippen MR) is 96.3 cm³/mol. The van der Waals surface area contributed by atoms with Crippen molar-refractivity contribution in [3.8, 4) is 5.75 Å². The number of benzene rings is 2. The number of nitrogens with one attached hydrogen (secondary N) is 1. The van der Waals surface area contributed by atoms with Crippen LogP contribution in [-0.2, 0) is 9.53 Å². The third-order valence-corrected chi connectivity index (χ3v) is 4.36. The molecule has 3 aromatic rings. The Morgan fingerprint density at radius 1 is 1.16 bits per heavy atom. The van der Waals surface area contributed by atoms with Crippen molar-refractivity contribution >= 4 is 39.1 Å². The molecular weight excluding hydrogens is 340 g/mol. The van der Waals surface area contributed by atoms with Crippen LogP contribution < -0.4 is 10.1 Å². The minimum absolute atomic E-state index is 0.363. The molecule has 0 atom stereocenters. The molecule has 7 heteroatoms. The first kappa shape index (κ1) is 16.9. The second-order valence-electron chi connectivity index (χ2n) is 5.35. The molecule has 0 aliphatic rings. The minimum atomic E-state index is -0.553. The van der Waals surface area contributed by atoms with Gasteiger partial charge in [0.15, 0.2) is 11.7 Å². The fourth-order valence-corrected chi connectivity index (χ4v) is 2.96. The Balaban J connectivity index is 1.62. The molecule has 1 N–H and O–H groups in total. The van der Waals surface area contributed by atoms with Gasteiger partial charge >= 0.3 is 5.97 Å². The normalized spacial score (nSPS) is 10.5. The molecule has 3 rings (SSSR count). The fourth-order valence-electron chi connectivity index (χ4n) is 2.26. The van der Waals surface area contributed by atoms with Crippen LogP contribution in [0.2, 0.25) is 0 Å². The van der Waals surface area contributed by atoms with Gasteiger partial charge in [-0.1, -0.05) is 12.1 Å². The van der Waals surface area contributed by atoms with Crippen LogP contribution in [0.4, 0.5) is 5.13 Å². The highest BCUT2D eigenvalue weighted by atomic mass is 32.1. The van der Waals surface area contributed by atoms with Gasteiger partial charge in [-0.2, -0.15) is 0 Å². The molecule has 0 unspecified atom stereocenters. The molecule has 0 saturated carbocycles. The van der Waals surface area contributed by atoms with Crippen molar-refractivity contribution < 1.29 is 19.1 Å². The number of aromatic nitrogens is 1. The van der Waals surface area contributed by atoms with Gasteiger partial charge in [-0.05, 0) is 42.0 Å². The largest absolute Gasteiger partial charge is 0.497 e. The number of hydrogen-bond acceptors (Lipinski definition) is 6. The molecule has 0 fully saturated rings. The lowest BCUT2D eigenvalue weighted by molar-refractivity contribution is -0.119. The average molecular weight is 356 g/mol. The fraction of sp³-hybridized carbons (Fsp3) is 0.167. The van der Waals surface area contributed by atoms with Crippen molar-refractivity contribution in [1.29, 1.82) is 0 Å². The second kappa shape index (κ2) is 7.31. The highest BCUT2D eigenvalue weighted by Gasteiger charge is 2.12. The van der Waals surface area contributed by atoms with Gasteiger partial charge in [-0.15, -0.1) is 11.3 Å². The summed E-state index contributed by atoms with van der Waals surface area (Å²) in [4.78, 5) is 28.1. The van der Waals surface area contributed by atoms with E-state index >= 15 is 0 Å². The number of amides is 1. The van der Waals surface area contributed by atoms with Crippen molar-refractivity contribution in [1.82, 2.24) is 4.98 Å². The van der Waals surface area contributed by atoms with E-state index in [9.17, 15) is 9.59 Å². The van der Waals surface area contributed by atoms with E-state index < -0.39 is 11.9 Å². The van der Waals surface area contributed by atoms with Crippen LogP contribution in [-0.4, -0.2) is 30.6 Å². The Bertz CT molecular complexity index is 936. The van der Waals surface area contributed by atoms with E-state index in [1.807, 2.05) is 36.6 Å². The van der Waals surface area contributed by atoms with Gasteiger partial charge in [0.05, 0.1) is 18.4 Å². The van der Waals surface area contributed by atoms with Crippen LogP contribution in [0, 0.1) is 6.92 Å². The number of esters is 1. The Morgan fingerprint density at radius 3 is 2.64 bits per heavy atom. The van der Waals surface area contributed by atoms with Crippen LogP contribution in [0.5, 0.6) is 5.75 Å². The van der Waals surface area contributed by atoms with Gasteiger partial charge in [-0.3, -0.25) is 10.1 Å². The van der Waals surface area contributed by atoms with Crippen molar-refractivity contribution in [2.75, 3.05) is 19.0 Å². The first-order valence-electron chi connectivity index (χ1n) is 7.52. The van der Waals surface area contributed by atoms with E-state index in [0.717, 1.165) is 22.2 Å². The smallest absolute Gasteiger partial charge is 0.338 e. The van der Waals surface area contributed by atoms with Gasteiger partial charge in [0.25, 0.3) is 5.91 Å². The van der Waals surface area contributed by atoms with E-state index in [4.69, 9.17) is 9.47 Å². The lowest BCUT2D eigenvalue weighted by Crippen LogP contribution is -2.20. The van der Waals surface area contributed by atoms with Crippen molar-refractivity contribution in [2.45, 2.75) is 6.92 Å². The van der Waals surface area contributed by atoms with Crippen LogP contribution in [0.15, 0.2) is 41.8 Å². The van der Waals surface area contributed by atoms with Crippen LogP contribution in [0.3, 0.4) is 0 Å². The minimum Gasteiger partial charge on any atom is -0.497 e. The number of aryl methyl sites for hydroxylation is 1. The molecule has 128 valence electrons. The number of fused-ring (bicyclic) bond motifs is 1. The summed E-state index contributed by atoms with van der Waals surface area (Å²) in [6, 6.07) is 10.8. The number of ether oxygens (including phenoxy) is 2. The molecule has 0 bridgehead atoms. The van der Waals surface area contributed by atoms with Crippen molar-refractivity contribution in [3.63, 3.8) is 0 Å². The monoisotopic (exact) mass is 356 g/mol.